The molecule has 2 unspecified atom stereocenters. The van der Waals surface area contributed by atoms with Gasteiger partial charge >= 0.3 is 6.09 Å². The molecule has 0 aliphatic heterocycles. The zero-order valence-corrected chi connectivity index (χ0v) is 44.6. The summed E-state index contributed by atoms with van der Waals surface area (Å²) < 4.78 is 32.4. The highest BCUT2D eigenvalue weighted by atomic mass is 19.1. The molecule has 1 amide bonds. The van der Waals surface area contributed by atoms with Gasteiger partial charge < -0.3 is 36.4 Å². The third-order valence-corrected chi connectivity index (χ3v) is 14.8. The fourth-order valence-electron chi connectivity index (χ4n) is 10.9. The molecule has 396 valence electrons. The van der Waals surface area contributed by atoms with Gasteiger partial charge in [-0.15, -0.1) is 0 Å². The number of nitrogens with one attached hydrogen (secondary N) is 3. The van der Waals surface area contributed by atoms with Crippen molar-refractivity contribution in [1.82, 2.24) is 20.2 Å². The first-order valence-corrected chi connectivity index (χ1v) is 26.6. The number of hydrogen-bond acceptors (Lipinski definition) is 7. The van der Waals surface area contributed by atoms with Gasteiger partial charge in [-0.2, -0.15) is 0 Å². The van der Waals surface area contributed by atoms with Crippen LogP contribution in [0.1, 0.15) is 113 Å². The summed E-state index contributed by atoms with van der Waals surface area (Å²) in [5.41, 5.74) is 27.0. The molecule has 10 rings (SSSR count). The van der Waals surface area contributed by atoms with E-state index in [1.165, 1.54) is 74.6 Å². The van der Waals surface area contributed by atoms with E-state index in [1.807, 2.05) is 49.9 Å². The molecule has 2 heterocycles. The second-order valence-electron chi connectivity index (χ2n) is 21.4. The van der Waals surface area contributed by atoms with Gasteiger partial charge in [-0.25, -0.2) is 13.6 Å². The summed E-state index contributed by atoms with van der Waals surface area (Å²) in [5, 5.41) is 6.24. The van der Waals surface area contributed by atoms with Crippen LogP contribution < -0.4 is 16.8 Å². The molecule has 12 heteroatoms. The van der Waals surface area contributed by atoms with E-state index in [0.717, 1.165) is 72.1 Å². The molecule has 10 nitrogen and oxygen atoms in total. The van der Waals surface area contributed by atoms with E-state index in [1.54, 1.807) is 24.3 Å². The second kappa shape index (κ2) is 23.4. The van der Waals surface area contributed by atoms with Crippen molar-refractivity contribution in [2.45, 2.75) is 104 Å². The number of halogens is 2. The van der Waals surface area contributed by atoms with Crippen molar-refractivity contribution in [3.05, 3.63) is 212 Å². The first-order valence-electron chi connectivity index (χ1n) is 26.6. The number of benzene rings is 6. The van der Waals surface area contributed by atoms with Crippen LogP contribution >= 0.6 is 0 Å². The Kier molecular flexibility index (Phi) is 16.3. The van der Waals surface area contributed by atoms with Gasteiger partial charge in [0.2, 0.25) is 0 Å². The molecule has 6 aromatic carbocycles. The van der Waals surface area contributed by atoms with Gasteiger partial charge in [0.05, 0.1) is 6.04 Å². The third kappa shape index (κ3) is 13.1. The number of ether oxygens (including phenoxy) is 1. The SMILES string of the molecule is Cc1[nH]c2ccccc2c1CCN(C(=O)OC(C)(C)C)C1CCc2cc(/C=C/C(=O)Cc3ccc(F)cc3N)ccc21.Cc1[nH]c2ccccc2c1CCNC1CCc2cc(/C=C/C(=O)Cc3ccc(F)cc3N)ccc21. The lowest BCUT2D eigenvalue weighted by Gasteiger charge is -2.32. The van der Waals surface area contributed by atoms with Crippen molar-refractivity contribution in [3.8, 4) is 0 Å². The monoisotopic (exact) mass is 1030 g/mol. The molecule has 0 saturated heterocycles. The largest absolute Gasteiger partial charge is 0.444 e. The Bertz CT molecular complexity index is 3550. The molecule has 8 aromatic rings. The number of aromatic amines is 2. The van der Waals surface area contributed by atoms with Crippen LogP contribution in [0.4, 0.5) is 25.0 Å². The summed E-state index contributed by atoms with van der Waals surface area (Å²) in [6, 6.07) is 37.8. The lowest BCUT2D eigenvalue weighted by Crippen LogP contribution is -2.40. The topological polar surface area (TPSA) is 159 Å². The van der Waals surface area contributed by atoms with Crippen LogP contribution in [-0.2, 0) is 52.9 Å². The van der Waals surface area contributed by atoms with Gasteiger partial charge in [0.25, 0.3) is 0 Å². The van der Waals surface area contributed by atoms with E-state index in [-0.39, 0.29) is 42.2 Å². The van der Waals surface area contributed by atoms with E-state index >= 15 is 0 Å². The number of carbonyl (C=O) groups is 3. The van der Waals surface area contributed by atoms with Crippen molar-refractivity contribution in [2.75, 3.05) is 24.6 Å². The Morgan fingerprint density at radius 1 is 0.662 bits per heavy atom. The van der Waals surface area contributed by atoms with Crippen LogP contribution in [0.2, 0.25) is 0 Å². The van der Waals surface area contributed by atoms with Gasteiger partial charge in [-0.05, 0) is 184 Å². The van der Waals surface area contributed by atoms with Crippen LogP contribution in [0.15, 0.2) is 133 Å². The van der Waals surface area contributed by atoms with E-state index in [2.05, 4.69) is 95.9 Å². The number of hydrogen-bond donors (Lipinski definition) is 5. The van der Waals surface area contributed by atoms with Crippen molar-refractivity contribution in [2.24, 2.45) is 0 Å². The zero-order valence-electron chi connectivity index (χ0n) is 44.6. The summed E-state index contributed by atoms with van der Waals surface area (Å²) in [6.07, 6.45) is 12.2. The fourth-order valence-corrected chi connectivity index (χ4v) is 10.9. The maximum absolute atomic E-state index is 13.5. The maximum Gasteiger partial charge on any atom is 0.410 e. The number of carbonyl (C=O) groups excluding carboxylic acids is 3. The average Bonchev–Trinajstić information content (AvgIpc) is 4.19. The molecule has 7 N–H and O–H groups in total. The van der Waals surface area contributed by atoms with E-state index in [0.29, 0.717) is 35.8 Å². The summed E-state index contributed by atoms with van der Waals surface area (Å²) in [6.45, 7) is 11.3. The molecule has 2 aliphatic rings. The molecular formula is C65H68F2N6O4. The minimum absolute atomic E-state index is 0.0593. The van der Waals surface area contributed by atoms with Crippen LogP contribution in [0, 0.1) is 25.5 Å². The molecular weight excluding hydrogens is 967 g/mol. The molecule has 2 aromatic heterocycles. The molecule has 0 radical (unpaired) electrons. The van der Waals surface area contributed by atoms with Crippen LogP contribution in [0.5, 0.6) is 0 Å². The van der Waals surface area contributed by atoms with Crippen molar-refractivity contribution >= 4 is 63.0 Å². The summed E-state index contributed by atoms with van der Waals surface area (Å²) >= 11 is 0. The normalized spacial score (nSPS) is 15.0. The van der Waals surface area contributed by atoms with E-state index < -0.39 is 17.2 Å². The lowest BCUT2D eigenvalue weighted by atomic mass is 10.0. The summed E-state index contributed by atoms with van der Waals surface area (Å²) in [7, 11) is 0. The Labute approximate surface area is 449 Å². The number of para-hydroxylation sites is 2. The highest BCUT2D eigenvalue weighted by Crippen LogP contribution is 2.38. The highest BCUT2D eigenvalue weighted by molar-refractivity contribution is 5.96. The van der Waals surface area contributed by atoms with Gasteiger partial charge in [0, 0.05) is 70.0 Å². The number of aryl methyl sites for hydroxylation is 4. The van der Waals surface area contributed by atoms with Crippen LogP contribution in [-0.4, -0.2) is 51.2 Å². The Hall–Kier alpha value is -8.09. The number of rotatable bonds is 16. The number of nitrogens with zero attached hydrogens (tertiary/aromatic N) is 1. The van der Waals surface area contributed by atoms with Crippen molar-refractivity contribution in [3.63, 3.8) is 0 Å². The third-order valence-electron chi connectivity index (χ3n) is 14.8. The second-order valence-corrected chi connectivity index (χ2v) is 21.4. The number of fused-ring (bicyclic) bond motifs is 4. The fraction of sp³-hybridized carbons (Fsp3) is 0.277. The number of allylic oxidation sites excluding steroid dienone is 2. The molecule has 0 fully saturated rings. The minimum atomic E-state index is -0.604. The number of anilines is 2. The van der Waals surface area contributed by atoms with E-state index in [4.69, 9.17) is 16.2 Å². The number of aromatic nitrogens is 2. The summed E-state index contributed by atoms with van der Waals surface area (Å²) in [5.74, 6) is -0.992. The van der Waals surface area contributed by atoms with Gasteiger partial charge in [-0.3, -0.25) is 9.59 Å². The number of amides is 1. The molecule has 2 atom stereocenters. The molecule has 2 aliphatic carbocycles. The predicted octanol–water partition coefficient (Wildman–Crippen LogP) is 13.3. The lowest BCUT2D eigenvalue weighted by molar-refractivity contribution is -0.114. The van der Waals surface area contributed by atoms with Gasteiger partial charge in [0.1, 0.15) is 17.2 Å². The number of H-pyrrole nitrogens is 2. The van der Waals surface area contributed by atoms with Crippen LogP contribution in [0.3, 0.4) is 0 Å². The molecule has 0 spiro atoms. The average molecular weight is 1040 g/mol. The number of ketones is 2. The zero-order chi connectivity index (χ0) is 54.4. The highest BCUT2D eigenvalue weighted by Gasteiger charge is 2.34. The molecule has 77 heavy (non-hydrogen) atoms. The number of nitrogens with two attached hydrogens (primary N) is 2. The first kappa shape index (κ1) is 53.7. The first-order chi connectivity index (χ1) is 37.0. The standard InChI is InChI=1S/C35H38FN3O3.C30H30FN3O/c1-22-28(30-7-5-6-8-32(30)38-22)17-18-39(34(41)42-35(2,3)4)33-16-12-24-19-23(10-15-29(24)33)9-14-27(40)20-25-11-13-26(36)21-31(25)37;1-19-25(27-4-2-3-5-30(27)34-19)14-15-33-29-13-9-21-16-20(7-12-26(21)29)6-11-24(35)17-22-8-10-23(31)18-28(22)32/h5-11,13-15,19,21,33,38H,12,16-18,20,37H2,1-4H3;2-8,10-12,16,18,29,33-34H,9,13-15,17,32H2,1H3/b14-9+;11-6+. The quantitative estimate of drug-likeness (QED) is 0.0476. The number of nitrogen functional groups attached to an aromatic ring is 2. The Morgan fingerprint density at radius 2 is 1.17 bits per heavy atom. The van der Waals surface area contributed by atoms with Crippen molar-refractivity contribution < 1.29 is 27.9 Å². The summed E-state index contributed by atoms with van der Waals surface area (Å²) in [4.78, 5) is 47.3. The van der Waals surface area contributed by atoms with Gasteiger partial charge in [0.15, 0.2) is 11.6 Å². The van der Waals surface area contributed by atoms with Gasteiger partial charge in [-0.1, -0.05) is 97.1 Å². The molecule has 0 saturated carbocycles. The minimum Gasteiger partial charge on any atom is -0.444 e. The Balaban J connectivity index is 0.000000191. The van der Waals surface area contributed by atoms with E-state index in [9.17, 15) is 23.2 Å². The molecule has 0 bridgehead atoms. The van der Waals surface area contributed by atoms with Crippen LogP contribution in [0.25, 0.3) is 34.0 Å². The Morgan fingerprint density at radius 3 is 1.71 bits per heavy atom. The van der Waals surface area contributed by atoms with Crippen molar-refractivity contribution in [1.29, 1.82) is 0 Å². The predicted molar refractivity (Wildman–Crippen MR) is 307 cm³/mol. The maximum atomic E-state index is 13.5. The smallest absolute Gasteiger partial charge is 0.410 e.